The maximum absolute atomic E-state index is 14.7. The van der Waals surface area contributed by atoms with Crippen molar-refractivity contribution in [1.29, 1.82) is 0 Å². The first-order chi connectivity index (χ1) is 15.4. The van der Waals surface area contributed by atoms with Gasteiger partial charge in [0.2, 0.25) is 0 Å². The van der Waals surface area contributed by atoms with E-state index in [2.05, 4.69) is 9.82 Å². The first-order valence-electron chi connectivity index (χ1n) is 10.2. The van der Waals surface area contributed by atoms with Gasteiger partial charge in [-0.3, -0.25) is 10.5 Å². The highest BCUT2D eigenvalue weighted by atomic mass is 32.2. The summed E-state index contributed by atoms with van der Waals surface area (Å²) in [5, 5.41) is 15.3. The predicted octanol–water partition coefficient (Wildman–Crippen LogP) is 3.68. The van der Waals surface area contributed by atoms with E-state index in [1.807, 2.05) is 20.8 Å². The van der Waals surface area contributed by atoms with E-state index in [9.17, 15) is 18.0 Å². The second-order valence-corrected chi connectivity index (χ2v) is 10.5. The van der Waals surface area contributed by atoms with Gasteiger partial charge >= 0.3 is 5.82 Å². The molecule has 0 fully saturated rings. The van der Waals surface area contributed by atoms with Gasteiger partial charge in [0.05, 0.1) is 21.7 Å². The van der Waals surface area contributed by atoms with Crippen LogP contribution in [0.15, 0.2) is 59.5 Å². The first kappa shape index (κ1) is 22.5. The van der Waals surface area contributed by atoms with Crippen molar-refractivity contribution in [3.63, 3.8) is 0 Å². The molecule has 2 aromatic heterocycles. The maximum Gasteiger partial charge on any atom is 0.312 e. The van der Waals surface area contributed by atoms with Crippen molar-refractivity contribution in [2.24, 2.45) is 0 Å². The summed E-state index contributed by atoms with van der Waals surface area (Å²) in [4.78, 5) is -0.197. The number of pyridine rings is 1. The molecule has 0 saturated heterocycles. The SMILES string of the molecule is Cc1cc(NS(=O)(=O)c2ccc(C(C)(C)C)c(F)c2)n(-c2cccc3c2ccc(N)[n+]3O)n1. The van der Waals surface area contributed by atoms with Gasteiger partial charge in [0, 0.05) is 12.1 Å². The number of halogens is 1. The molecule has 0 aliphatic rings. The number of anilines is 2. The summed E-state index contributed by atoms with van der Waals surface area (Å²) >= 11 is 0. The molecule has 4 rings (SSSR count). The number of nitrogens with zero attached hydrogens (tertiary/aromatic N) is 3. The summed E-state index contributed by atoms with van der Waals surface area (Å²) < 4.78 is 45.6. The molecule has 33 heavy (non-hydrogen) atoms. The molecular formula is C23H25FN5O3S+. The molecule has 2 heterocycles. The van der Waals surface area contributed by atoms with Crippen LogP contribution in [0.25, 0.3) is 16.6 Å². The van der Waals surface area contributed by atoms with Gasteiger partial charge < -0.3 is 5.21 Å². The van der Waals surface area contributed by atoms with Crippen molar-refractivity contribution in [2.75, 3.05) is 10.5 Å². The standard InChI is InChI=1S/C23H24FN5O3S/c1-14-12-22(27-33(31,32)15-8-10-17(18(24)13-15)23(2,3)4)28(26-14)19-6-5-7-20-16(19)9-11-21(25)29(20)30/h5-13,25,30H,1-4H3,(H,26,27)/p+1. The topological polar surface area (TPSA) is 114 Å². The lowest BCUT2D eigenvalue weighted by molar-refractivity contribution is -0.873. The van der Waals surface area contributed by atoms with E-state index in [0.717, 1.165) is 10.8 Å². The molecule has 4 N–H and O–H groups in total. The molecule has 2 aromatic carbocycles. The minimum absolute atomic E-state index is 0.151. The van der Waals surface area contributed by atoms with Gasteiger partial charge in [-0.05, 0) is 53.0 Å². The molecule has 0 amide bonds. The quantitative estimate of drug-likeness (QED) is 0.311. The lowest BCUT2D eigenvalue weighted by atomic mass is 9.87. The zero-order valence-electron chi connectivity index (χ0n) is 18.7. The monoisotopic (exact) mass is 470 g/mol. The Balaban J connectivity index is 1.79. The highest BCUT2D eigenvalue weighted by Gasteiger charge is 2.24. The first-order valence-corrected chi connectivity index (χ1v) is 11.7. The van der Waals surface area contributed by atoms with Gasteiger partial charge in [0.15, 0.2) is 5.52 Å². The van der Waals surface area contributed by atoms with Crippen LogP contribution >= 0.6 is 0 Å². The van der Waals surface area contributed by atoms with E-state index in [1.54, 1.807) is 37.3 Å². The van der Waals surface area contributed by atoms with E-state index >= 15 is 0 Å². The van der Waals surface area contributed by atoms with Gasteiger partial charge in [-0.1, -0.05) is 32.9 Å². The summed E-state index contributed by atoms with van der Waals surface area (Å²) in [6.45, 7) is 7.29. The molecule has 4 aromatic rings. The number of fused-ring (bicyclic) bond motifs is 1. The van der Waals surface area contributed by atoms with Crippen LogP contribution in [0.4, 0.5) is 16.0 Å². The molecule has 10 heteroatoms. The van der Waals surface area contributed by atoms with Crippen molar-refractivity contribution in [3.05, 3.63) is 71.7 Å². The Hall–Kier alpha value is -3.66. The maximum atomic E-state index is 14.7. The molecule has 0 atom stereocenters. The van der Waals surface area contributed by atoms with Crippen molar-refractivity contribution < 1.29 is 22.7 Å². The largest absolute Gasteiger partial charge is 0.349 e. The van der Waals surface area contributed by atoms with E-state index in [-0.39, 0.29) is 16.5 Å². The zero-order valence-corrected chi connectivity index (χ0v) is 19.5. The smallest absolute Gasteiger partial charge is 0.312 e. The fourth-order valence-electron chi connectivity index (χ4n) is 3.68. The van der Waals surface area contributed by atoms with E-state index < -0.39 is 21.3 Å². The number of rotatable bonds is 4. The van der Waals surface area contributed by atoms with Gasteiger partial charge in [0.1, 0.15) is 11.6 Å². The van der Waals surface area contributed by atoms with Gasteiger partial charge in [0.25, 0.3) is 10.0 Å². The molecule has 0 unspecified atom stereocenters. The third-order valence-electron chi connectivity index (χ3n) is 5.31. The third kappa shape index (κ3) is 4.09. The number of nitrogens with two attached hydrogens (primary N) is 1. The second kappa shape index (κ2) is 7.73. The number of benzene rings is 2. The Bertz CT molecular complexity index is 1490. The third-order valence-corrected chi connectivity index (χ3v) is 6.66. The second-order valence-electron chi connectivity index (χ2n) is 8.86. The van der Waals surface area contributed by atoms with Gasteiger partial charge in [-0.25, -0.2) is 17.5 Å². The Morgan fingerprint density at radius 2 is 1.85 bits per heavy atom. The minimum Gasteiger partial charge on any atom is -0.349 e. The molecule has 172 valence electrons. The molecule has 0 saturated carbocycles. The average molecular weight is 471 g/mol. The molecular weight excluding hydrogens is 445 g/mol. The molecule has 0 aliphatic carbocycles. The Morgan fingerprint density at radius 1 is 1.12 bits per heavy atom. The van der Waals surface area contributed by atoms with Crippen molar-refractivity contribution >= 4 is 32.6 Å². The Kier molecular flexibility index (Phi) is 5.28. The average Bonchev–Trinajstić information content (AvgIpc) is 3.08. The molecule has 8 nitrogen and oxygen atoms in total. The normalized spacial score (nSPS) is 12.3. The van der Waals surface area contributed by atoms with Crippen LogP contribution in [0.1, 0.15) is 32.0 Å². The zero-order chi connectivity index (χ0) is 24.1. The molecule has 0 spiro atoms. The van der Waals surface area contributed by atoms with Crippen molar-refractivity contribution in [1.82, 2.24) is 9.78 Å². The number of aryl methyl sites for hydroxylation is 1. The van der Waals surface area contributed by atoms with Crippen molar-refractivity contribution in [2.45, 2.75) is 38.0 Å². The highest BCUT2D eigenvalue weighted by Crippen LogP contribution is 2.29. The molecule has 0 bridgehead atoms. The summed E-state index contributed by atoms with van der Waals surface area (Å²) in [5.74, 6) is -0.270. The summed E-state index contributed by atoms with van der Waals surface area (Å²) in [6.07, 6.45) is 0. The summed E-state index contributed by atoms with van der Waals surface area (Å²) in [6, 6.07) is 13.8. The van der Waals surface area contributed by atoms with Gasteiger partial charge in [-0.2, -0.15) is 5.10 Å². The van der Waals surface area contributed by atoms with Crippen molar-refractivity contribution in [3.8, 4) is 5.69 Å². The Morgan fingerprint density at radius 3 is 2.52 bits per heavy atom. The van der Waals surface area contributed by atoms with Crippen LogP contribution in [0.2, 0.25) is 0 Å². The van der Waals surface area contributed by atoms with E-state index in [4.69, 9.17) is 5.73 Å². The number of nitrogen functional groups attached to an aromatic ring is 1. The lowest BCUT2D eigenvalue weighted by Gasteiger charge is -2.20. The summed E-state index contributed by atoms with van der Waals surface area (Å²) in [7, 11) is -4.11. The number of hydrogen-bond acceptors (Lipinski definition) is 5. The van der Waals surface area contributed by atoms with Crippen LogP contribution in [-0.4, -0.2) is 23.4 Å². The summed E-state index contributed by atoms with van der Waals surface area (Å²) in [5.41, 5.74) is 7.25. The van der Waals surface area contributed by atoms with E-state index in [0.29, 0.717) is 27.8 Å². The number of hydrogen-bond donors (Lipinski definition) is 3. The van der Waals surface area contributed by atoms with Crippen LogP contribution in [-0.2, 0) is 15.4 Å². The van der Waals surface area contributed by atoms with Crippen LogP contribution < -0.4 is 15.2 Å². The molecule has 0 aliphatic heterocycles. The number of nitrogens with one attached hydrogen (secondary N) is 1. The number of aromatic nitrogens is 3. The minimum atomic E-state index is -4.11. The fraction of sp³-hybridized carbons (Fsp3) is 0.217. The Labute approximate surface area is 191 Å². The van der Waals surface area contributed by atoms with Gasteiger partial charge in [-0.15, -0.1) is 0 Å². The fourth-order valence-corrected chi connectivity index (χ4v) is 4.73. The lowest BCUT2D eigenvalue weighted by Crippen LogP contribution is -2.34. The van der Waals surface area contributed by atoms with Crippen LogP contribution in [0.3, 0.4) is 0 Å². The van der Waals surface area contributed by atoms with Crippen LogP contribution in [0, 0.1) is 12.7 Å². The van der Waals surface area contributed by atoms with E-state index in [1.165, 1.54) is 22.9 Å². The van der Waals surface area contributed by atoms with Crippen LogP contribution in [0.5, 0.6) is 0 Å². The molecule has 0 radical (unpaired) electrons. The highest BCUT2D eigenvalue weighted by molar-refractivity contribution is 7.92. The predicted molar refractivity (Wildman–Crippen MR) is 124 cm³/mol. The number of sulfonamides is 1.